The van der Waals surface area contributed by atoms with E-state index >= 15 is 0 Å². The third-order valence-corrected chi connectivity index (χ3v) is 5.62. The van der Waals surface area contributed by atoms with Crippen molar-refractivity contribution >= 4 is 57.7 Å². The molecular weight excluding hydrogens is 386 g/mol. The molecule has 3 rings (SSSR count). The number of anilines is 1. The van der Waals surface area contributed by atoms with Gasteiger partial charge in [-0.1, -0.05) is 39.9 Å². The van der Waals surface area contributed by atoms with Crippen LogP contribution in [-0.4, -0.2) is 21.4 Å². The van der Waals surface area contributed by atoms with Crippen LogP contribution in [-0.2, 0) is 4.74 Å². The molecule has 4 nitrogen and oxygen atoms in total. The molecule has 1 amide bonds. The first-order valence-electron chi connectivity index (χ1n) is 6.84. The van der Waals surface area contributed by atoms with E-state index in [0.29, 0.717) is 0 Å². The number of thioether (sulfide) groups is 1. The molecule has 2 aliphatic rings. The van der Waals surface area contributed by atoms with Crippen LogP contribution in [0.5, 0.6) is 0 Å². The standard InChI is InChI=1S/C14H12Cl3FN2O2S/c15-12(16)7-8-22-14(9-5-6-9)20(17)19(13(21)23-14)11-4-2-1-3-10(11)18/h1-4,7,9H,5-6,8H2. The normalized spacial score (nSPS) is 25.0. The zero-order chi connectivity index (χ0) is 16.6. The highest BCUT2D eigenvalue weighted by Crippen LogP contribution is 2.57. The fraction of sp³-hybridized carbons (Fsp3) is 0.357. The lowest BCUT2D eigenvalue weighted by Gasteiger charge is -2.34. The van der Waals surface area contributed by atoms with Crippen molar-refractivity contribution in [3.63, 3.8) is 0 Å². The highest BCUT2D eigenvalue weighted by molar-refractivity contribution is 8.15. The summed E-state index contributed by atoms with van der Waals surface area (Å²) in [6, 6.07) is 5.94. The van der Waals surface area contributed by atoms with Gasteiger partial charge in [-0.3, -0.25) is 4.79 Å². The monoisotopic (exact) mass is 396 g/mol. The van der Waals surface area contributed by atoms with Gasteiger partial charge in [0.2, 0.25) is 5.06 Å². The molecule has 1 aromatic rings. The molecule has 1 aromatic carbocycles. The van der Waals surface area contributed by atoms with E-state index in [2.05, 4.69) is 0 Å². The molecule has 0 aromatic heterocycles. The molecule has 23 heavy (non-hydrogen) atoms. The van der Waals surface area contributed by atoms with E-state index in [0.717, 1.165) is 34.1 Å². The lowest BCUT2D eigenvalue weighted by Crippen LogP contribution is -2.47. The number of hydrogen-bond donors (Lipinski definition) is 0. The third kappa shape index (κ3) is 3.34. The van der Waals surface area contributed by atoms with Crippen molar-refractivity contribution in [2.75, 3.05) is 11.6 Å². The number of amides is 1. The van der Waals surface area contributed by atoms with Gasteiger partial charge in [0.15, 0.2) is 0 Å². The quantitative estimate of drug-likeness (QED) is 0.634. The van der Waals surface area contributed by atoms with Crippen molar-refractivity contribution in [1.29, 1.82) is 0 Å². The van der Waals surface area contributed by atoms with Gasteiger partial charge in [0.25, 0.3) is 0 Å². The second-order valence-electron chi connectivity index (χ2n) is 5.10. The molecule has 1 aliphatic heterocycles. The Balaban J connectivity index is 1.90. The van der Waals surface area contributed by atoms with Crippen LogP contribution >= 0.6 is 46.7 Å². The molecule has 1 atom stereocenters. The lowest BCUT2D eigenvalue weighted by atomic mass is 10.3. The summed E-state index contributed by atoms with van der Waals surface area (Å²) in [5.41, 5.74) is 0.0806. The maximum absolute atomic E-state index is 14.0. The Labute approximate surface area is 152 Å². The summed E-state index contributed by atoms with van der Waals surface area (Å²) in [6.45, 7) is 0.0907. The molecule has 1 saturated carbocycles. The largest absolute Gasteiger partial charge is 0.343 e. The topological polar surface area (TPSA) is 32.8 Å². The molecule has 1 aliphatic carbocycles. The summed E-state index contributed by atoms with van der Waals surface area (Å²) >= 11 is 18.5. The molecule has 0 N–H and O–H groups in total. The van der Waals surface area contributed by atoms with Crippen LogP contribution in [0, 0.1) is 11.7 Å². The fourth-order valence-electron chi connectivity index (χ4n) is 2.34. The van der Waals surface area contributed by atoms with Gasteiger partial charge in [-0.05, 0) is 42.8 Å². The first kappa shape index (κ1) is 17.3. The highest BCUT2D eigenvalue weighted by atomic mass is 35.5. The number of benzene rings is 1. The van der Waals surface area contributed by atoms with Crippen molar-refractivity contribution in [3.05, 3.63) is 40.7 Å². The van der Waals surface area contributed by atoms with Gasteiger partial charge in [-0.25, -0.2) is 9.40 Å². The molecule has 0 spiro atoms. The number of hydrogen-bond acceptors (Lipinski definition) is 4. The van der Waals surface area contributed by atoms with E-state index < -0.39 is 16.1 Å². The van der Waals surface area contributed by atoms with Crippen molar-refractivity contribution < 1.29 is 13.9 Å². The zero-order valence-corrected chi connectivity index (χ0v) is 14.8. The minimum Gasteiger partial charge on any atom is -0.343 e. The Morgan fingerprint density at radius 2 is 2.13 bits per heavy atom. The van der Waals surface area contributed by atoms with Gasteiger partial charge in [-0.15, -0.1) is 0 Å². The van der Waals surface area contributed by atoms with Gasteiger partial charge in [0.1, 0.15) is 10.3 Å². The minimum absolute atomic E-state index is 0.0632. The molecule has 1 heterocycles. The highest BCUT2D eigenvalue weighted by Gasteiger charge is 2.61. The minimum atomic E-state index is -1.10. The van der Waals surface area contributed by atoms with Crippen molar-refractivity contribution in [2.45, 2.75) is 17.9 Å². The molecular formula is C14H12Cl3FN2O2S. The van der Waals surface area contributed by atoms with E-state index in [1.54, 1.807) is 12.1 Å². The number of carbonyl (C=O) groups excluding carboxylic acids is 1. The number of rotatable bonds is 5. The van der Waals surface area contributed by atoms with Crippen LogP contribution in [0.4, 0.5) is 14.9 Å². The molecule has 124 valence electrons. The summed E-state index contributed by atoms with van der Waals surface area (Å²) in [5.74, 6) is -0.476. The van der Waals surface area contributed by atoms with Gasteiger partial charge < -0.3 is 4.74 Å². The lowest BCUT2D eigenvalue weighted by molar-refractivity contribution is -0.0456. The van der Waals surface area contributed by atoms with Crippen LogP contribution in [0.25, 0.3) is 0 Å². The SMILES string of the molecule is O=C1SC(OCC=C(Cl)Cl)(C2CC2)N(Cl)N1c1ccccc1F. The average Bonchev–Trinajstić information content (AvgIpc) is 3.29. The van der Waals surface area contributed by atoms with Gasteiger partial charge in [0.05, 0.1) is 12.3 Å². The van der Waals surface area contributed by atoms with Gasteiger partial charge >= 0.3 is 5.24 Å². The Kier molecular flexibility index (Phi) is 5.11. The summed E-state index contributed by atoms with van der Waals surface area (Å²) < 4.78 is 21.1. The first-order valence-corrected chi connectivity index (χ1v) is 8.75. The third-order valence-electron chi connectivity index (χ3n) is 3.54. The number of ether oxygens (including phenoxy) is 1. The Morgan fingerprint density at radius 1 is 1.43 bits per heavy atom. The number of hydrazine groups is 1. The molecule has 1 unspecified atom stereocenters. The summed E-state index contributed by atoms with van der Waals surface area (Å²) in [6.07, 6.45) is 3.20. The fourth-order valence-corrected chi connectivity index (χ4v) is 4.15. The Bertz CT molecular complexity index is 655. The van der Waals surface area contributed by atoms with Crippen LogP contribution < -0.4 is 5.01 Å². The van der Waals surface area contributed by atoms with Crippen LogP contribution in [0.1, 0.15) is 12.8 Å². The van der Waals surface area contributed by atoms with Crippen LogP contribution in [0.3, 0.4) is 0 Å². The summed E-state index contributed by atoms with van der Waals surface area (Å²) in [7, 11) is 0. The Morgan fingerprint density at radius 3 is 2.74 bits per heavy atom. The smallest absolute Gasteiger partial charge is 0.306 e. The van der Waals surface area contributed by atoms with E-state index in [1.807, 2.05) is 0 Å². The molecule has 0 radical (unpaired) electrons. The van der Waals surface area contributed by atoms with Gasteiger partial charge in [-0.2, -0.15) is 0 Å². The van der Waals surface area contributed by atoms with Crippen LogP contribution in [0.15, 0.2) is 34.8 Å². The van der Waals surface area contributed by atoms with Crippen LogP contribution in [0.2, 0.25) is 0 Å². The van der Waals surface area contributed by atoms with E-state index in [-0.39, 0.29) is 22.7 Å². The van der Waals surface area contributed by atoms with E-state index in [9.17, 15) is 9.18 Å². The number of nitrogens with zero attached hydrogens (tertiary/aromatic N) is 2. The number of para-hydroxylation sites is 1. The van der Waals surface area contributed by atoms with Crippen molar-refractivity contribution in [2.24, 2.45) is 5.92 Å². The molecule has 2 fully saturated rings. The Hall–Kier alpha value is -0.500. The molecule has 1 saturated heterocycles. The van der Waals surface area contributed by atoms with E-state index in [4.69, 9.17) is 39.7 Å². The zero-order valence-electron chi connectivity index (χ0n) is 11.7. The molecule has 0 bridgehead atoms. The molecule has 9 heteroatoms. The number of carbonyl (C=O) groups is 1. The second-order valence-corrected chi connectivity index (χ2v) is 7.57. The van der Waals surface area contributed by atoms with Crippen molar-refractivity contribution in [3.8, 4) is 0 Å². The first-order chi connectivity index (χ1) is 11.0. The average molecular weight is 398 g/mol. The summed E-state index contributed by atoms with van der Waals surface area (Å²) in [5, 5.41) is -0.412. The van der Waals surface area contributed by atoms with Crippen molar-refractivity contribution in [1.82, 2.24) is 4.53 Å². The predicted molar refractivity (Wildman–Crippen MR) is 90.8 cm³/mol. The van der Waals surface area contributed by atoms with Gasteiger partial charge in [0, 0.05) is 17.7 Å². The maximum atomic E-state index is 14.0. The predicted octanol–water partition coefficient (Wildman–Crippen LogP) is 5.27. The second kappa shape index (κ2) is 6.78. The number of halogens is 4. The van der Waals surface area contributed by atoms with E-state index in [1.165, 1.54) is 18.2 Å². The maximum Gasteiger partial charge on any atom is 0.306 e. The summed E-state index contributed by atoms with van der Waals surface area (Å²) in [4.78, 5) is 12.4.